The highest BCUT2D eigenvalue weighted by Gasteiger charge is 2.15. The first-order valence-corrected chi connectivity index (χ1v) is 6.28. The van der Waals surface area contributed by atoms with Gasteiger partial charge in [0, 0.05) is 12.2 Å². The van der Waals surface area contributed by atoms with Crippen LogP contribution in [0.3, 0.4) is 0 Å². The highest BCUT2D eigenvalue weighted by Crippen LogP contribution is 2.26. The summed E-state index contributed by atoms with van der Waals surface area (Å²) in [6.45, 7) is 1.47. The summed E-state index contributed by atoms with van der Waals surface area (Å²) in [5.41, 5.74) is 2.26. The van der Waals surface area contributed by atoms with Crippen LogP contribution < -0.4 is 4.74 Å². The average Bonchev–Trinajstić information content (AvgIpc) is 2.81. The van der Waals surface area contributed by atoms with Crippen molar-refractivity contribution in [1.29, 1.82) is 0 Å². The molecular weight excluding hydrogens is 228 g/mol. The summed E-state index contributed by atoms with van der Waals surface area (Å²) in [6.07, 6.45) is 5.40. The summed E-state index contributed by atoms with van der Waals surface area (Å²) in [6, 6.07) is 7.01. The lowest BCUT2D eigenvalue weighted by atomic mass is 10.1. The molecule has 1 N–H and O–H groups in total. The van der Waals surface area contributed by atoms with E-state index in [9.17, 15) is 5.11 Å². The normalized spacial score (nSPS) is 14.2. The van der Waals surface area contributed by atoms with Gasteiger partial charge in [-0.3, -0.25) is 0 Å². The Labute approximate surface area is 106 Å². The molecule has 0 atom stereocenters. The van der Waals surface area contributed by atoms with E-state index in [1.165, 1.54) is 18.5 Å². The van der Waals surface area contributed by atoms with Gasteiger partial charge in [-0.2, -0.15) is 0 Å². The van der Waals surface area contributed by atoms with E-state index in [1.807, 2.05) is 12.4 Å². The number of hydrogen-bond donors (Lipinski definition) is 1. The third kappa shape index (κ3) is 2.06. The smallest absolute Gasteiger partial charge is 0.161 e. The Morgan fingerprint density at radius 1 is 1.28 bits per heavy atom. The second-order valence-electron chi connectivity index (χ2n) is 4.54. The third-order valence-corrected chi connectivity index (χ3v) is 3.33. The van der Waals surface area contributed by atoms with E-state index in [-0.39, 0.29) is 5.75 Å². The standard InChI is InChI=1S/C14H16N2O2/c17-13-6-1-2-7-14(13)18-9-11-12-5-3-4-8-16(12)10-15-11/h1-2,6-7,10,17H,3-5,8-9H2. The number of nitrogens with zero attached hydrogens (tertiary/aromatic N) is 2. The maximum atomic E-state index is 9.63. The van der Waals surface area contributed by atoms with Crippen LogP contribution in [0, 0.1) is 0 Å². The van der Waals surface area contributed by atoms with Crippen LogP contribution >= 0.6 is 0 Å². The van der Waals surface area contributed by atoms with Crippen molar-refractivity contribution in [3.63, 3.8) is 0 Å². The Bertz CT molecular complexity index is 548. The second kappa shape index (κ2) is 4.72. The maximum absolute atomic E-state index is 9.63. The lowest BCUT2D eigenvalue weighted by Gasteiger charge is -2.15. The second-order valence-corrected chi connectivity index (χ2v) is 4.54. The van der Waals surface area contributed by atoms with Crippen LogP contribution in [0.5, 0.6) is 11.5 Å². The van der Waals surface area contributed by atoms with E-state index in [1.54, 1.807) is 18.2 Å². The molecule has 0 aliphatic carbocycles. The number of aromatic hydroxyl groups is 1. The number of imidazole rings is 1. The SMILES string of the molecule is Oc1ccccc1OCc1ncn2c1CCCC2. The van der Waals surface area contributed by atoms with E-state index in [2.05, 4.69) is 9.55 Å². The molecule has 94 valence electrons. The quantitative estimate of drug-likeness (QED) is 0.902. The molecule has 0 unspecified atom stereocenters. The first-order valence-electron chi connectivity index (χ1n) is 6.28. The molecule has 0 radical (unpaired) electrons. The van der Waals surface area contributed by atoms with Gasteiger partial charge >= 0.3 is 0 Å². The number of ether oxygens (including phenoxy) is 1. The Morgan fingerprint density at radius 2 is 2.17 bits per heavy atom. The molecule has 3 rings (SSSR count). The first-order chi connectivity index (χ1) is 8.84. The van der Waals surface area contributed by atoms with Crippen molar-refractivity contribution in [3.8, 4) is 11.5 Å². The molecule has 0 saturated heterocycles. The van der Waals surface area contributed by atoms with E-state index >= 15 is 0 Å². The molecule has 1 aromatic heterocycles. The lowest BCUT2D eigenvalue weighted by Crippen LogP contribution is -2.11. The van der Waals surface area contributed by atoms with Gasteiger partial charge in [-0.05, 0) is 31.4 Å². The van der Waals surface area contributed by atoms with E-state index in [0.717, 1.165) is 18.7 Å². The van der Waals surface area contributed by atoms with Crippen LogP contribution in [-0.4, -0.2) is 14.7 Å². The fraction of sp³-hybridized carbons (Fsp3) is 0.357. The van der Waals surface area contributed by atoms with Crippen LogP contribution in [0.15, 0.2) is 30.6 Å². The molecule has 0 spiro atoms. The Hall–Kier alpha value is -1.97. The summed E-state index contributed by atoms with van der Waals surface area (Å²) in [4.78, 5) is 4.40. The zero-order valence-electron chi connectivity index (χ0n) is 10.2. The molecule has 2 heterocycles. The maximum Gasteiger partial charge on any atom is 0.161 e. The lowest BCUT2D eigenvalue weighted by molar-refractivity contribution is 0.283. The summed E-state index contributed by atoms with van der Waals surface area (Å²) in [5, 5.41) is 9.63. The number of rotatable bonds is 3. The number of aromatic nitrogens is 2. The largest absolute Gasteiger partial charge is 0.504 e. The van der Waals surface area contributed by atoms with Crippen LogP contribution in [0.2, 0.25) is 0 Å². The number of phenols is 1. The monoisotopic (exact) mass is 244 g/mol. The molecular formula is C14H16N2O2. The molecule has 1 aliphatic rings. The minimum atomic E-state index is 0.172. The van der Waals surface area contributed by atoms with Crippen molar-refractivity contribution in [2.45, 2.75) is 32.4 Å². The number of para-hydroxylation sites is 2. The number of phenolic OH excluding ortho intramolecular Hbond substituents is 1. The van der Waals surface area contributed by atoms with E-state index in [4.69, 9.17) is 4.74 Å². The predicted molar refractivity (Wildman–Crippen MR) is 67.6 cm³/mol. The van der Waals surface area contributed by atoms with Gasteiger partial charge in [0.15, 0.2) is 11.5 Å². The molecule has 0 saturated carbocycles. The molecule has 0 bridgehead atoms. The Kier molecular flexibility index (Phi) is 2.92. The molecule has 2 aromatic rings. The minimum Gasteiger partial charge on any atom is -0.504 e. The van der Waals surface area contributed by atoms with Gasteiger partial charge in [-0.25, -0.2) is 4.98 Å². The summed E-state index contributed by atoms with van der Waals surface area (Å²) in [5.74, 6) is 0.681. The zero-order valence-corrected chi connectivity index (χ0v) is 10.2. The van der Waals surface area contributed by atoms with E-state index < -0.39 is 0 Å². The van der Waals surface area contributed by atoms with Crippen molar-refractivity contribution in [2.75, 3.05) is 0 Å². The van der Waals surface area contributed by atoms with Gasteiger partial charge in [0.1, 0.15) is 6.61 Å². The Morgan fingerprint density at radius 3 is 3.06 bits per heavy atom. The van der Waals surface area contributed by atoms with Gasteiger partial charge < -0.3 is 14.4 Å². The van der Waals surface area contributed by atoms with Crippen molar-refractivity contribution in [3.05, 3.63) is 42.0 Å². The van der Waals surface area contributed by atoms with Gasteiger partial charge in [0.2, 0.25) is 0 Å². The third-order valence-electron chi connectivity index (χ3n) is 3.33. The van der Waals surface area contributed by atoms with Crippen molar-refractivity contribution < 1.29 is 9.84 Å². The van der Waals surface area contributed by atoms with Crippen LogP contribution in [-0.2, 0) is 19.6 Å². The van der Waals surface area contributed by atoms with E-state index in [0.29, 0.717) is 12.4 Å². The number of fused-ring (bicyclic) bond motifs is 1. The number of hydrogen-bond acceptors (Lipinski definition) is 3. The van der Waals surface area contributed by atoms with Gasteiger partial charge in [-0.15, -0.1) is 0 Å². The molecule has 0 fully saturated rings. The van der Waals surface area contributed by atoms with Crippen molar-refractivity contribution >= 4 is 0 Å². The summed E-state index contributed by atoms with van der Waals surface area (Å²) in [7, 11) is 0. The Balaban J connectivity index is 1.74. The summed E-state index contributed by atoms with van der Waals surface area (Å²) < 4.78 is 7.82. The molecule has 18 heavy (non-hydrogen) atoms. The van der Waals surface area contributed by atoms with Gasteiger partial charge in [0.25, 0.3) is 0 Å². The molecule has 4 heteroatoms. The fourth-order valence-electron chi connectivity index (χ4n) is 2.35. The van der Waals surface area contributed by atoms with Gasteiger partial charge in [-0.1, -0.05) is 12.1 Å². The predicted octanol–water partition coefficient (Wildman–Crippen LogP) is 2.50. The van der Waals surface area contributed by atoms with Crippen LogP contribution in [0.4, 0.5) is 0 Å². The molecule has 4 nitrogen and oxygen atoms in total. The fourth-order valence-corrected chi connectivity index (χ4v) is 2.35. The highest BCUT2D eigenvalue weighted by molar-refractivity contribution is 5.38. The topological polar surface area (TPSA) is 47.3 Å². The zero-order chi connectivity index (χ0) is 12.4. The van der Waals surface area contributed by atoms with Crippen LogP contribution in [0.1, 0.15) is 24.2 Å². The van der Waals surface area contributed by atoms with Crippen molar-refractivity contribution in [2.24, 2.45) is 0 Å². The van der Waals surface area contributed by atoms with Crippen molar-refractivity contribution in [1.82, 2.24) is 9.55 Å². The average molecular weight is 244 g/mol. The molecule has 0 amide bonds. The van der Waals surface area contributed by atoms with Gasteiger partial charge in [0.05, 0.1) is 12.0 Å². The highest BCUT2D eigenvalue weighted by atomic mass is 16.5. The molecule has 1 aromatic carbocycles. The number of aryl methyl sites for hydroxylation is 1. The molecule has 1 aliphatic heterocycles. The number of benzene rings is 1. The minimum absolute atomic E-state index is 0.172. The first kappa shape index (κ1) is 11.1. The van der Waals surface area contributed by atoms with Crippen LogP contribution in [0.25, 0.3) is 0 Å². The summed E-state index contributed by atoms with van der Waals surface area (Å²) >= 11 is 0.